The first-order valence-corrected chi connectivity index (χ1v) is 10.6. The van der Waals surface area contributed by atoms with E-state index >= 15 is 0 Å². The van der Waals surface area contributed by atoms with Gasteiger partial charge in [-0.25, -0.2) is 0 Å². The Hall–Kier alpha value is -2.16. The number of rotatable bonds is 5. The van der Waals surface area contributed by atoms with Gasteiger partial charge in [0, 0.05) is 18.3 Å². The van der Waals surface area contributed by atoms with E-state index in [1.165, 1.54) is 5.56 Å². The third-order valence-corrected chi connectivity index (χ3v) is 6.64. The average molecular weight is 353 g/mol. The quantitative estimate of drug-likeness (QED) is 0.714. The van der Waals surface area contributed by atoms with Gasteiger partial charge in [-0.15, -0.1) is 0 Å². The van der Waals surface area contributed by atoms with Crippen molar-refractivity contribution >= 4 is 18.3 Å². The van der Waals surface area contributed by atoms with Crippen molar-refractivity contribution in [2.75, 3.05) is 6.16 Å². The molecular formula is C20H20NO3P. The summed E-state index contributed by atoms with van der Waals surface area (Å²) in [5.74, 6) is 0. The highest BCUT2D eigenvalue weighted by Crippen LogP contribution is 2.44. The normalized spacial score (nSPS) is 15.4. The summed E-state index contributed by atoms with van der Waals surface area (Å²) in [5.41, 5.74) is 3.53. The van der Waals surface area contributed by atoms with Crippen LogP contribution in [0.4, 0.5) is 0 Å². The topological polar surface area (TPSA) is 59.3 Å². The molecule has 1 aliphatic heterocycles. The molecule has 1 aliphatic rings. The summed E-state index contributed by atoms with van der Waals surface area (Å²) in [6.45, 7) is 0.655. The Labute approximate surface area is 146 Å². The van der Waals surface area contributed by atoms with Crippen LogP contribution in [-0.4, -0.2) is 15.6 Å². The van der Waals surface area contributed by atoms with Crippen LogP contribution in [0.25, 0.3) is 10.9 Å². The molecule has 1 N–H and O–H groups in total. The maximum absolute atomic E-state index is 12.7. The summed E-state index contributed by atoms with van der Waals surface area (Å²) in [7, 11) is -3.41. The van der Waals surface area contributed by atoms with Gasteiger partial charge in [0.2, 0.25) is 7.37 Å². The number of aryl methyl sites for hydroxylation is 3. The second-order valence-corrected chi connectivity index (χ2v) is 9.15. The molecule has 1 aromatic heterocycles. The Bertz CT molecular complexity index is 1040. The fourth-order valence-electron chi connectivity index (χ4n) is 3.64. The van der Waals surface area contributed by atoms with Gasteiger partial charge in [-0.3, -0.25) is 9.36 Å². The highest BCUT2D eigenvalue weighted by molar-refractivity contribution is 7.57. The van der Waals surface area contributed by atoms with Crippen LogP contribution in [0.2, 0.25) is 0 Å². The van der Waals surface area contributed by atoms with E-state index in [1.807, 2.05) is 48.5 Å². The Balaban J connectivity index is 1.61. The Morgan fingerprint density at radius 3 is 2.68 bits per heavy atom. The number of para-hydroxylation sites is 1. The SMILES string of the molecule is O=c1c(CP(=O)(O)CCc2ccccc2)cc2cccc3c2n1CC3. The molecule has 0 saturated carbocycles. The zero-order valence-electron chi connectivity index (χ0n) is 13.9. The maximum atomic E-state index is 12.7. The van der Waals surface area contributed by atoms with Crippen LogP contribution in [-0.2, 0) is 30.1 Å². The van der Waals surface area contributed by atoms with Gasteiger partial charge in [-0.1, -0.05) is 48.5 Å². The molecule has 0 fully saturated rings. The van der Waals surface area contributed by atoms with Crippen molar-refractivity contribution < 1.29 is 9.46 Å². The number of hydrogen-bond acceptors (Lipinski definition) is 2. The van der Waals surface area contributed by atoms with Crippen molar-refractivity contribution in [3.8, 4) is 0 Å². The number of nitrogens with zero attached hydrogens (tertiary/aromatic N) is 1. The van der Waals surface area contributed by atoms with Crippen LogP contribution < -0.4 is 5.56 Å². The minimum Gasteiger partial charge on any atom is -0.344 e. The van der Waals surface area contributed by atoms with Crippen molar-refractivity contribution in [3.05, 3.63) is 81.6 Å². The third-order valence-electron chi connectivity index (χ3n) is 4.89. The van der Waals surface area contributed by atoms with Crippen molar-refractivity contribution in [3.63, 3.8) is 0 Å². The maximum Gasteiger partial charge on any atom is 0.254 e. The fourth-order valence-corrected chi connectivity index (χ4v) is 5.16. The van der Waals surface area contributed by atoms with Crippen LogP contribution in [0, 0.1) is 0 Å². The molecule has 0 amide bonds. The molecule has 25 heavy (non-hydrogen) atoms. The van der Waals surface area contributed by atoms with Crippen LogP contribution in [0.1, 0.15) is 16.7 Å². The highest BCUT2D eigenvalue weighted by Gasteiger charge is 2.24. The molecule has 2 heterocycles. The van der Waals surface area contributed by atoms with E-state index in [9.17, 15) is 14.3 Å². The lowest BCUT2D eigenvalue weighted by Gasteiger charge is -2.13. The summed E-state index contributed by atoms with van der Waals surface area (Å²) in [6, 6.07) is 17.5. The second kappa shape index (κ2) is 6.29. The summed E-state index contributed by atoms with van der Waals surface area (Å²) in [4.78, 5) is 23.1. The summed E-state index contributed by atoms with van der Waals surface area (Å²) in [5, 5.41) is 0.979. The molecule has 0 aliphatic carbocycles. The molecule has 3 aromatic rings. The van der Waals surface area contributed by atoms with Gasteiger partial charge >= 0.3 is 0 Å². The lowest BCUT2D eigenvalue weighted by molar-refractivity contribution is 0.476. The first-order chi connectivity index (χ1) is 12.0. The predicted molar refractivity (Wildman–Crippen MR) is 100 cm³/mol. The standard InChI is InChI=1S/C20H20NO3P/c22-20-18(13-17-8-4-7-16-9-11-21(20)19(16)17)14-25(23,24)12-10-15-5-2-1-3-6-15/h1-8,13H,9-12,14H2,(H,23,24). The summed E-state index contributed by atoms with van der Waals surface area (Å²) >= 11 is 0. The number of pyridine rings is 1. The number of hydrogen-bond donors (Lipinski definition) is 1. The molecular weight excluding hydrogens is 333 g/mol. The molecule has 4 rings (SSSR count). The second-order valence-electron chi connectivity index (χ2n) is 6.69. The highest BCUT2D eigenvalue weighted by atomic mass is 31.2. The Morgan fingerprint density at radius 2 is 1.88 bits per heavy atom. The molecule has 5 heteroatoms. The van der Waals surface area contributed by atoms with E-state index in [2.05, 4.69) is 0 Å². The molecule has 1 atom stereocenters. The van der Waals surface area contributed by atoms with E-state index in [-0.39, 0.29) is 17.9 Å². The first kappa shape index (κ1) is 16.3. The fraction of sp³-hybridized carbons (Fsp3) is 0.250. The molecule has 2 aromatic carbocycles. The van der Waals surface area contributed by atoms with Gasteiger partial charge < -0.3 is 9.46 Å². The molecule has 0 radical (unpaired) electrons. The number of benzene rings is 2. The van der Waals surface area contributed by atoms with Crippen molar-refractivity contribution in [1.29, 1.82) is 0 Å². The number of aromatic nitrogens is 1. The Kier molecular flexibility index (Phi) is 4.10. The van der Waals surface area contributed by atoms with Crippen LogP contribution in [0.5, 0.6) is 0 Å². The third kappa shape index (κ3) is 3.20. The minimum absolute atomic E-state index is 0.0567. The van der Waals surface area contributed by atoms with Gasteiger partial charge in [0.15, 0.2) is 0 Å². The summed E-state index contributed by atoms with van der Waals surface area (Å²) < 4.78 is 14.4. The van der Waals surface area contributed by atoms with Crippen LogP contribution in [0.15, 0.2) is 59.4 Å². The van der Waals surface area contributed by atoms with Crippen LogP contribution in [0.3, 0.4) is 0 Å². The Morgan fingerprint density at radius 1 is 1.08 bits per heavy atom. The zero-order chi connectivity index (χ0) is 17.4. The van der Waals surface area contributed by atoms with E-state index in [0.29, 0.717) is 18.5 Å². The lowest BCUT2D eigenvalue weighted by Crippen LogP contribution is -2.22. The molecule has 0 spiro atoms. The monoisotopic (exact) mass is 353 g/mol. The van der Waals surface area contributed by atoms with Gasteiger partial charge in [-0.2, -0.15) is 0 Å². The van der Waals surface area contributed by atoms with Gasteiger partial charge in [0.05, 0.1) is 11.7 Å². The van der Waals surface area contributed by atoms with E-state index in [1.54, 1.807) is 10.6 Å². The van der Waals surface area contributed by atoms with E-state index in [4.69, 9.17) is 0 Å². The van der Waals surface area contributed by atoms with Gasteiger partial charge in [0.1, 0.15) is 0 Å². The largest absolute Gasteiger partial charge is 0.344 e. The lowest BCUT2D eigenvalue weighted by atomic mass is 10.1. The van der Waals surface area contributed by atoms with Gasteiger partial charge in [0.25, 0.3) is 5.56 Å². The zero-order valence-corrected chi connectivity index (χ0v) is 14.8. The van der Waals surface area contributed by atoms with E-state index < -0.39 is 7.37 Å². The summed E-state index contributed by atoms with van der Waals surface area (Å²) in [6.07, 6.45) is 1.52. The molecule has 0 saturated heterocycles. The predicted octanol–water partition coefficient (Wildman–Crippen LogP) is 3.57. The molecule has 1 unspecified atom stereocenters. The first-order valence-electron chi connectivity index (χ1n) is 8.53. The van der Waals surface area contributed by atoms with E-state index in [0.717, 1.165) is 22.9 Å². The molecule has 0 bridgehead atoms. The smallest absolute Gasteiger partial charge is 0.254 e. The molecule has 4 nitrogen and oxygen atoms in total. The van der Waals surface area contributed by atoms with Crippen molar-refractivity contribution in [2.24, 2.45) is 0 Å². The average Bonchev–Trinajstić information content (AvgIpc) is 3.04. The molecule has 128 valence electrons. The van der Waals surface area contributed by atoms with Crippen LogP contribution >= 0.6 is 7.37 Å². The van der Waals surface area contributed by atoms with Crippen molar-refractivity contribution in [2.45, 2.75) is 25.5 Å². The van der Waals surface area contributed by atoms with Gasteiger partial charge in [-0.05, 0) is 35.4 Å². The minimum atomic E-state index is -3.41. The van der Waals surface area contributed by atoms with Crippen molar-refractivity contribution in [1.82, 2.24) is 4.57 Å².